The molecular formula is C12H7Br2FOS. The lowest BCUT2D eigenvalue weighted by Gasteiger charge is -2.02. The second kappa shape index (κ2) is 5.42. The molecule has 1 heterocycles. The minimum Gasteiger partial charge on any atom is -0.294 e. The van der Waals surface area contributed by atoms with Crippen LogP contribution in [0.15, 0.2) is 38.6 Å². The van der Waals surface area contributed by atoms with E-state index in [0.717, 1.165) is 9.35 Å². The summed E-state index contributed by atoms with van der Waals surface area (Å²) < 4.78 is 14.7. The van der Waals surface area contributed by atoms with Crippen LogP contribution in [0.2, 0.25) is 0 Å². The smallest absolute Gasteiger partial charge is 0.169 e. The molecule has 0 N–H and O–H groups in total. The van der Waals surface area contributed by atoms with Gasteiger partial charge in [-0.15, -0.1) is 11.3 Å². The second-order valence-electron chi connectivity index (χ2n) is 3.46. The van der Waals surface area contributed by atoms with E-state index in [2.05, 4.69) is 31.9 Å². The van der Waals surface area contributed by atoms with Gasteiger partial charge in [0.25, 0.3) is 0 Å². The zero-order valence-electron chi connectivity index (χ0n) is 8.54. The average Bonchev–Trinajstić information content (AvgIpc) is 2.67. The van der Waals surface area contributed by atoms with E-state index in [1.165, 1.54) is 23.5 Å². The van der Waals surface area contributed by atoms with Gasteiger partial charge in [-0.2, -0.15) is 0 Å². The maximum absolute atomic E-state index is 13.1. The summed E-state index contributed by atoms with van der Waals surface area (Å²) in [4.78, 5) is 12.9. The van der Waals surface area contributed by atoms with Crippen molar-refractivity contribution in [2.45, 2.75) is 6.42 Å². The number of ketones is 1. The number of rotatable bonds is 3. The first kappa shape index (κ1) is 12.9. The van der Waals surface area contributed by atoms with Gasteiger partial charge in [0.05, 0.1) is 0 Å². The Balaban J connectivity index is 2.22. The molecule has 5 heteroatoms. The number of Topliss-reactive ketones (excluding diaryl/α,β-unsaturated/α-hetero) is 1. The van der Waals surface area contributed by atoms with E-state index in [1.807, 2.05) is 11.4 Å². The lowest BCUT2D eigenvalue weighted by molar-refractivity contribution is 0.0992. The third-order valence-electron chi connectivity index (χ3n) is 2.19. The van der Waals surface area contributed by atoms with Crippen LogP contribution in [-0.2, 0) is 6.42 Å². The molecule has 1 aromatic carbocycles. The van der Waals surface area contributed by atoms with Crippen molar-refractivity contribution in [1.82, 2.24) is 0 Å². The predicted octanol–water partition coefficient (Wildman–Crippen LogP) is 4.84. The van der Waals surface area contributed by atoms with E-state index in [1.54, 1.807) is 6.07 Å². The molecule has 2 rings (SSSR count). The second-order valence-corrected chi connectivity index (χ2v) is 6.22. The highest BCUT2D eigenvalue weighted by Gasteiger charge is 2.13. The highest BCUT2D eigenvalue weighted by atomic mass is 79.9. The third-order valence-corrected chi connectivity index (χ3v) is 4.57. The SMILES string of the molecule is O=C(Cc1cc(Br)cs1)c1cc(F)ccc1Br. The van der Waals surface area contributed by atoms with Crippen molar-refractivity contribution >= 4 is 49.0 Å². The molecule has 0 spiro atoms. The molecular weight excluding hydrogens is 371 g/mol. The van der Waals surface area contributed by atoms with E-state index >= 15 is 0 Å². The summed E-state index contributed by atoms with van der Waals surface area (Å²) in [5, 5.41) is 1.92. The zero-order valence-corrected chi connectivity index (χ0v) is 12.5. The molecule has 0 saturated carbocycles. The van der Waals surface area contributed by atoms with Gasteiger partial charge in [-0.1, -0.05) is 15.9 Å². The molecule has 2 aromatic rings. The van der Waals surface area contributed by atoms with Gasteiger partial charge >= 0.3 is 0 Å². The molecule has 1 aromatic heterocycles. The number of carbonyl (C=O) groups is 1. The molecule has 0 atom stereocenters. The van der Waals surface area contributed by atoms with E-state index in [-0.39, 0.29) is 12.2 Å². The maximum atomic E-state index is 13.1. The third kappa shape index (κ3) is 3.24. The molecule has 0 amide bonds. The first-order valence-electron chi connectivity index (χ1n) is 4.77. The van der Waals surface area contributed by atoms with Gasteiger partial charge in [0.1, 0.15) is 5.82 Å². The molecule has 0 saturated heterocycles. The van der Waals surface area contributed by atoms with Gasteiger partial charge in [-0.3, -0.25) is 4.79 Å². The first-order valence-corrected chi connectivity index (χ1v) is 7.24. The molecule has 0 aliphatic carbocycles. The Labute approximate surface area is 119 Å². The predicted molar refractivity (Wildman–Crippen MR) is 74.2 cm³/mol. The van der Waals surface area contributed by atoms with Crippen molar-refractivity contribution in [2.24, 2.45) is 0 Å². The van der Waals surface area contributed by atoms with Gasteiger partial charge in [-0.05, 0) is 40.2 Å². The zero-order chi connectivity index (χ0) is 12.4. The Morgan fingerprint density at radius 3 is 2.71 bits per heavy atom. The average molecular weight is 378 g/mol. The summed E-state index contributed by atoms with van der Waals surface area (Å²) in [6, 6.07) is 6.03. The molecule has 0 aliphatic rings. The molecule has 1 nitrogen and oxygen atoms in total. The monoisotopic (exact) mass is 376 g/mol. The first-order chi connectivity index (χ1) is 8.06. The molecule has 17 heavy (non-hydrogen) atoms. The lowest BCUT2D eigenvalue weighted by atomic mass is 10.1. The summed E-state index contributed by atoms with van der Waals surface area (Å²) in [5.74, 6) is -0.491. The topological polar surface area (TPSA) is 17.1 Å². The number of hydrogen-bond donors (Lipinski definition) is 0. The Hall–Kier alpha value is -0.520. The van der Waals surface area contributed by atoms with E-state index in [9.17, 15) is 9.18 Å². The normalized spacial score (nSPS) is 10.5. The fourth-order valence-corrected chi connectivity index (χ4v) is 3.33. The number of hydrogen-bond acceptors (Lipinski definition) is 2. The fraction of sp³-hybridized carbons (Fsp3) is 0.0833. The van der Waals surface area contributed by atoms with Crippen LogP contribution in [-0.4, -0.2) is 5.78 Å². The van der Waals surface area contributed by atoms with Crippen LogP contribution in [0.25, 0.3) is 0 Å². The highest BCUT2D eigenvalue weighted by Crippen LogP contribution is 2.24. The largest absolute Gasteiger partial charge is 0.294 e. The van der Waals surface area contributed by atoms with Crippen molar-refractivity contribution < 1.29 is 9.18 Å². The molecule has 0 aliphatic heterocycles. The van der Waals surface area contributed by atoms with Crippen LogP contribution in [0.4, 0.5) is 4.39 Å². The van der Waals surface area contributed by atoms with Gasteiger partial charge < -0.3 is 0 Å². The summed E-state index contributed by atoms with van der Waals surface area (Å²) in [7, 11) is 0. The van der Waals surface area contributed by atoms with Crippen molar-refractivity contribution in [3.63, 3.8) is 0 Å². The molecule has 88 valence electrons. The van der Waals surface area contributed by atoms with Crippen LogP contribution in [0, 0.1) is 5.82 Å². The summed E-state index contributed by atoms with van der Waals surface area (Å²) >= 11 is 8.10. The van der Waals surface area contributed by atoms with Gasteiger partial charge in [0.2, 0.25) is 0 Å². The van der Waals surface area contributed by atoms with E-state index in [0.29, 0.717) is 10.0 Å². The van der Waals surface area contributed by atoms with Crippen LogP contribution >= 0.6 is 43.2 Å². The van der Waals surface area contributed by atoms with Crippen LogP contribution in [0.1, 0.15) is 15.2 Å². The van der Waals surface area contributed by atoms with Gasteiger partial charge in [-0.25, -0.2) is 4.39 Å². The Bertz CT molecular complexity index is 565. The summed E-state index contributed by atoms with van der Waals surface area (Å²) in [5.41, 5.74) is 0.384. The molecule has 0 bridgehead atoms. The van der Waals surface area contributed by atoms with Crippen molar-refractivity contribution in [3.05, 3.63) is 54.8 Å². The minimum atomic E-state index is -0.399. The summed E-state index contributed by atoms with van der Waals surface area (Å²) in [6.45, 7) is 0. The standard InChI is InChI=1S/C12H7Br2FOS/c13-7-3-9(17-6-7)5-12(16)10-4-8(15)1-2-11(10)14/h1-4,6H,5H2. The van der Waals surface area contributed by atoms with Gasteiger partial charge in [0.15, 0.2) is 5.78 Å². The quantitative estimate of drug-likeness (QED) is 0.699. The Morgan fingerprint density at radius 1 is 1.29 bits per heavy atom. The van der Waals surface area contributed by atoms with E-state index < -0.39 is 5.82 Å². The lowest BCUT2D eigenvalue weighted by Crippen LogP contribution is -2.03. The van der Waals surface area contributed by atoms with E-state index in [4.69, 9.17) is 0 Å². The fourth-order valence-electron chi connectivity index (χ4n) is 1.41. The molecule has 0 fully saturated rings. The molecule has 0 unspecified atom stereocenters. The Morgan fingerprint density at radius 2 is 2.06 bits per heavy atom. The van der Waals surface area contributed by atoms with Crippen molar-refractivity contribution in [1.29, 1.82) is 0 Å². The number of halogens is 3. The molecule has 0 radical (unpaired) electrons. The maximum Gasteiger partial charge on any atom is 0.169 e. The van der Waals surface area contributed by atoms with Crippen molar-refractivity contribution in [3.8, 4) is 0 Å². The number of thiophene rings is 1. The summed E-state index contributed by atoms with van der Waals surface area (Å²) in [6.07, 6.45) is 0.290. The highest BCUT2D eigenvalue weighted by molar-refractivity contribution is 9.10. The van der Waals surface area contributed by atoms with Crippen LogP contribution in [0.3, 0.4) is 0 Å². The minimum absolute atomic E-state index is 0.0919. The number of carbonyl (C=O) groups excluding carboxylic acids is 1. The van der Waals surface area contributed by atoms with Crippen LogP contribution < -0.4 is 0 Å². The van der Waals surface area contributed by atoms with Gasteiger partial charge in [0, 0.05) is 31.2 Å². The van der Waals surface area contributed by atoms with Crippen molar-refractivity contribution in [2.75, 3.05) is 0 Å². The Kier molecular flexibility index (Phi) is 4.12. The number of benzene rings is 1. The van der Waals surface area contributed by atoms with Crippen LogP contribution in [0.5, 0.6) is 0 Å².